The Morgan fingerprint density at radius 2 is 1.58 bits per heavy atom. The van der Waals surface area contributed by atoms with Crippen molar-refractivity contribution in [2.24, 2.45) is 35.5 Å². The average Bonchev–Trinajstić information content (AvgIpc) is 3.20. The van der Waals surface area contributed by atoms with Crippen molar-refractivity contribution in [2.45, 2.75) is 161 Å². The molecule has 14 atom stereocenters. The number of methoxy groups -OCH3 is 3. The molecule has 3 heterocycles. The zero-order valence-corrected chi connectivity index (χ0v) is 35.8. The highest BCUT2D eigenvalue weighted by atomic mass is 16.7. The van der Waals surface area contributed by atoms with Crippen LogP contribution < -0.4 is 0 Å². The van der Waals surface area contributed by atoms with Gasteiger partial charge in [0.05, 0.1) is 36.4 Å². The molecule has 0 unspecified atom stereocenters. The maximum atomic E-state index is 14.1. The number of carbonyl (C=O) groups excluding carboxylic acids is 4. The number of allylic oxidation sites excluding steroid dienone is 3. The fourth-order valence-electron chi connectivity index (χ4n) is 9.46. The number of cyclic esters (lactones) is 1. The lowest BCUT2D eigenvalue weighted by molar-refractivity contribution is -0.302. The van der Waals surface area contributed by atoms with Crippen LogP contribution in [0.15, 0.2) is 23.3 Å². The minimum atomic E-state index is -2.44. The number of aliphatic hydroxyl groups is 3. The molecule has 1 amide bonds. The Balaban J connectivity index is 1.73. The molecular weight excluding hydrogens is 734 g/mol. The SMILES string of the molecule is CC/C1=C\[C@@H](CC)C(=O)C[C@H](O)[C@@H](C)[C@@H](/C(C)=C/[C@@H]2CC[C@H](O)[C@H](OC)C2)OC(=O)[C@@H]2CCCN(C2)C(=O)C(=O)[C@]2(O)O[C@H]([C@@H](OC)C[C@@H](C)C1)[C@@H](OC)C[C@H]2C. The summed E-state index contributed by atoms with van der Waals surface area (Å²) in [6, 6.07) is 0. The molecule has 0 aromatic carbocycles. The highest BCUT2D eigenvalue weighted by molar-refractivity contribution is 6.38. The van der Waals surface area contributed by atoms with E-state index in [1.807, 2.05) is 32.9 Å². The molecule has 13 heteroatoms. The molecule has 4 rings (SSSR count). The van der Waals surface area contributed by atoms with Gasteiger partial charge in [-0.15, -0.1) is 0 Å². The molecule has 0 aromatic heterocycles. The number of Topliss-reactive ketones (excluding diaryl/α,β-unsaturated/α-hetero) is 2. The van der Waals surface area contributed by atoms with E-state index in [4.69, 9.17) is 23.7 Å². The van der Waals surface area contributed by atoms with Gasteiger partial charge in [0.15, 0.2) is 0 Å². The molecule has 3 N–H and O–H groups in total. The van der Waals surface area contributed by atoms with Gasteiger partial charge in [0, 0.05) is 58.6 Å². The maximum absolute atomic E-state index is 14.1. The summed E-state index contributed by atoms with van der Waals surface area (Å²) in [5, 5.41) is 34.0. The van der Waals surface area contributed by atoms with Crippen LogP contribution in [-0.4, -0.2) is 127 Å². The highest BCUT2D eigenvalue weighted by Crippen LogP contribution is 2.39. The molecule has 4 aliphatic rings. The lowest BCUT2D eigenvalue weighted by Gasteiger charge is -2.46. The molecular formula is C44H71NO12. The Hall–Kier alpha value is -2.52. The van der Waals surface area contributed by atoms with Crippen molar-refractivity contribution in [1.82, 2.24) is 4.90 Å². The normalized spacial score (nSPS) is 41.1. The Morgan fingerprint density at radius 1 is 0.912 bits per heavy atom. The smallest absolute Gasteiger partial charge is 0.311 e. The van der Waals surface area contributed by atoms with E-state index >= 15 is 0 Å². The van der Waals surface area contributed by atoms with E-state index in [2.05, 4.69) is 6.92 Å². The first kappa shape index (κ1) is 47.2. The van der Waals surface area contributed by atoms with Crippen LogP contribution in [0.3, 0.4) is 0 Å². The van der Waals surface area contributed by atoms with Crippen molar-refractivity contribution in [3.05, 3.63) is 23.3 Å². The minimum absolute atomic E-state index is 0.0313. The average molecular weight is 806 g/mol. The van der Waals surface area contributed by atoms with Crippen molar-refractivity contribution < 1.29 is 58.2 Å². The van der Waals surface area contributed by atoms with Crippen LogP contribution in [0.25, 0.3) is 0 Å². The number of piperidine rings is 1. The highest BCUT2D eigenvalue weighted by Gasteiger charge is 2.56. The minimum Gasteiger partial charge on any atom is -0.457 e. The third-order valence-electron chi connectivity index (χ3n) is 13.2. The Bertz CT molecular complexity index is 1450. The topological polar surface area (TPSA) is 178 Å². The van der Waals surface area contributed by atoms with Crippen molar-refractivity contribution in [3.63, 3.8) is 0 Å². The van der Waals surface area contributed by atoms with E-state index in [1.165, 1.54) is 4.90 Å². The quantitative estimate of drug-likeness (QED) is 0.184. The summed E-state index contributed by atoms with van der Waals surface area (Å²) in [6.07, 6.45) is 4.35. The summed E-state index contributed by atoms with van der Waals surface area (Å²) in [4.78, 5) is 57.2. The first-order valence-electron chi connectivity index (χ1n) is 21.3. The van der Waals surface area contributed by atoms with Crippen LogP contribution >= 0.6 is 0 Å². The molecule has 3 fully saturated rings. The summed E-state index contributed by atoms with van der Waals surface area (Å²) in [7, 11) is 4.66. The maximum Gasteiger partial charge on any atom is 0.311 e. The number of amides is 1. The Morgan fingerprint density at radius 3 is 2.21 bits per heavy atom. The molecule has 57 heavy (non-hydrogen) atoms. The molecule has 4 bridgehead atoms. The molecule has 1 saturated carbocycles. The zero-order valence-electron chi connectivity index (χ0n) is 35.8. The Kier molecular flexibility index (Phi) is 17.5. The Labute approximate surface area is 339 Å². The summed E-state index contributed by atoms with van der Waals surface area (Å²) in [5.41, 5.74) is 1.80. The van der Waals surface area contributed by atoms with Crippen LogP contribution in [0.1, 0.15) is 112 Å². The van der Waals surface area contributed by atoms with E-state index in [0.29, 0.717) is 63.4 Å². The summed E-state index contributed by atoms with van der Waals surface area (Å²) in [6.45, 7) is 11.5. The van der Waals surface area contributed by atoms with Gasteiger partial charge in [-0.1, -0.05) is 52.3 Å². The van der Waals surface area contributed by atoms with Gasteiger partial charge in [0.25, 0.3) is 11.7 Å². The van der Waals surface area contributed by atoms with E-state index in [0.717, 1.165) is 5.57 Å². The number of fused-ring (bicyclic) bond motifs is 4. The number of esters is 1. The molecule has 3 aliphatic heterocycles. The predicted molar refractivity (Wildman–Crippen MR) is 213 cm³/mol. The fraction of sp³-hybridized carbons (Fsp3) is 0.818. The van der Waals surface area contributed by atoms with Crippen molar-refractivity contribution in [2.75, 3.05) is 34.4 Å². The third kappa shape index (κ3) is 11.4. The van der Waals surface area contributed by atoms with E-state index < -0.39 is 83.7 Å². The second-order valence-corrected chi connectivity index (χ2v) is 17.4. The molecule has 0 aromatic rings. The summed E-state index contributed by atoms with van der Waals surface area (Å²) < 4.78 is 29.8. The van der Waals surface area contributed by atoms with Crippen LogP contribution in [0, 0.1) is 35.5 Å². The van der Waals surface area contributed by atoms with Gasteiger partial charge in [-0.25, -0.2) is 0 Å². The van der Waals surface area contributed by atoms with Gasteiger partial charge >= 0.3 is 5.97 Å². The van der Waals surface area contributed by atoms with Gasteiger partial charge in [0.1, 0.15) is 18.0 Å². The number of ketones is 2. The van der Waals surface area contributed by atoms with Crippen LogP contribution in [-0.2, 0) is 42.9 Å². The number of nitrogens with zero attached hydrogens (tertiary/aromatic N) is 1. The van der Waals surface area contributed by atoms with Crippen LogP contribution in [0.5, 0.6) is 0 Å². The largest absolute Gasteiger partial charge is 0.457 e. The molecule has 2 saturated heterocycles. The third-order valence-corrected chi connectivity index (χ3v) is 13.2. The molecule has 0 spiro atoms. The van der Waals surface area contributed by atoms with Gasteiger partial charge < -0.3 is 43.9 Å². The number of ether oxygens (including phenoxy) is 5. The lowest BCUT2D eigenvalue weighted by atomic mass is 9.81. The second-order valence-electron chi connectivity index (χ2n) is 17.4. The number of hydrogen-bond donors (Lipinski definition) is 3. The number of carbonyl (C=O) groups is 4. The standard InChI is InChI=1S/C44H71NO12/c1-10-29-17-25(3)18-37(54-8)40-38(55-9)20-27(5)44(52,57-40)41(49)42(50)45-16-12-13-32(24-45)43(51)56-39(28(6)34(47)23-35(48)31(11-2)21-29)26(4)19-30-14-15-33(46)36(22-30)53-7/h19,21,25,27-28,30-34,36-40,46-47,52H,10-18,20,22-24H2,1-9H3/b26-19+,29-21+/t25-,27+,28+,30-,31+,32+,33-,34-,36+,37-,38-,39+,40+,44+/m0/s1. The van der Waals surface area contributed by atoms with Gasteiger partial charge in [-0.2, -0.15) is 0 Å². The summed E-state index contributed by atoms with van der Waals surface area (Å²) >= 11 is 0. The number of hydrogen-bond acceptors (Lipinski definition) is 12. The van der Waals surface area contributed by atoms with Crippen molar-refractivity contribution in [3.8, 4) is 0 Å². The molecule has 0 radical (unpaired) electrons. The first-order valence-corrected chi connectivity index (χ1v) is 21.3. The van der Waals surface area contributed by atoms with Gasteiger partial charge in [-0.05, 0) is 88.5 Å². The van der Waals surface area contributed by atoms with E-state index in [-0.39, 0.29) is 49.7 Å². The number of rotatable bonds is 7. The molecule has 13 nitrogen and oxygen atoms in total. The lowest BCUT2D eigenvalue weighted by Crippen LogP contribution is -2.63. The van der Waals surface area contributed by atoms with E-state index in [9.17, 15) is 34.5 Å². The van der Waals surface area contributed by atoms with Crippen LogP contribution in [0.4, 0.5) is 0 Å². The van der Waals surface area contributed by atoms with Gasteiger partial charge in [-0.3, -0.25) is 19.2 Å². The fourth-order valence-corrected chi connectivity index (χ4v) is 9.46. The first-order chi connectivity index (χ1) is 27.0. The molecule has 324 valence electrons. The predicted octanol–water partition coefficient (Wildman–Crippen LogP) is 4.72. The zero-order chi connectivity index (χ0) is 42.2. The van der Waals surface area contributed by atoms with Crippen LogP contribution in [0.2, 0.25) is 0 Å². The van der Waals surface area contributed by atoms with Crippen molar-refractivity contribution >= 4 is 23.4 Å². The second kappa shape index (κ2) is 21.1. The van der Waals surface area contributed by atoms with E-state index in [1.54, 1.807) is 35.2 Å². The van der Waals surface area contributed by atoms with Gasteiger partial charge in [0.2, 0.25) is 5.79 Å². The van der Waals surface area contributed by atoms with Crippen molar-refractivity contribution in [1.29, 1.82) is 0 Å². The molecule has 1 aliphatic carbocycles. The monoisotopic (exact) mass is 805 g/mol. The number of aliphatic hydroxyl groups excluding tert-OH is 2. The summed E-state index contributed by atoms with van der Waals surface area (Å²) in [5.74, 6) is -7.72.